The molecule has 0 spiro atoms. The fraction of sp³-hybridized carbons (Fsp3) is 1.00. The topological polar surface area (TPSA) is 66.6 Å². The summed E-state index contributed by atoms with van der Waals surface area (Å²) in [5.41, 5.74) is 5.96. The summed E-state index contributed by atoms with van der Waals surface area (Å²) >= 11 is 0. The molecule has 2 saturated heterocycles. The van der Waals surface area contributed by atoms with Crippen LogP contribution < -0.4 is 5.73 Å². The van der Waals surface area contributed by atoms with Gasteiger partial charge < -0.3 is 5.73 Å². The minimum absolute atomic E-state index is 0. The highest BCUT2D eigenvalue weighted by molar-refractivity contribution is 7.86. The van der Waals surface area contributed by atoms with Crippen LogP contribution in [-0.2, 0) is 10.2 Å². The zero-order valence-electron chi connectivity index (χ0n) is 11.6. The zero-order chi connectivity index (χ0) is 13.2. The number of piperidine rings is 2. The second-order valence-electron chi connectivity index (χ2n) is 5.50. The van der Waals surface area contributed by atoms with Crippen molar-refractivity contribution in [3.05, 3.63) is 0 Å². The van der Waals surface area contributed by atoms with E-state index in [1.54, 1.807) is 8.61 Å². The van der Waals surface area contributed by atoms with Gasteiger partial charge in [-0.15, -0.1) is 12.4 Å². The Balaban J connectivity index is 0.00000180. The lowest BCUT2D eigenvalue weighted by Crippen LogP contribution is -2.56. The van der Waals surface area contributed by atoms with E-state index < -0.39 is 10.2 Å². The van der Waals surface area contributed by atoms with Crippen molar-refractivity contribution in [3.8, 4) is 0 Å². The van der Waals surface area contributed by atoms with Crippen molar-refractivity contribution in [1.29, 1.82) is 0 Å². The Labute approximate surface area is 123 Å². The van der Waals surface area contributed by atoms with Crippen LogP contribution in [0.4, 0.5) is 0 Å². The normalized spacial score (nSPS) is 28.6. The molecule has 0 radical (unpaired) electrons. The van der Waals surface area contributed by atoms with Gasteiger partial charge in [0.15, 0.2) is 0 Å². The number of hydrogen-bond donors (Lipinski definition) is 1. The lowest BCUT2D eigenvalue weighted by atomic mass is 10.00. The van der Waals surface area contributed by atoms with Gasteiger partial charge in [0.2, 0.25) is 0 Å². The minimum atomic E-state index is -3.29. The summed E-state index contributed by atoms with van der Waals surface area (Å²) in [6.45, 7) is 3.88. The van der Waals surface area contributed by atoms with E-state index in [0.29, 0.717) is 19.6 Å². The maximum absolute atomic E-state index is 12.7. The molecule has 0 aliphatic carbocycles. The van der Waals surface area contributed by atoms with E-state index in [1.165, 1.54) is 0 Å². The van der Waals surface area contributed by atoms with E-state index in [4.69, 9.17) is 5.73 Å². The number of nitrogens with zero attached hydrogens (tertiary/aromatic N) is 2. The minimum Gasteiger partial charge on any atom is -0.326 e. The Bertz CT molecular complexity index is 369. The highest BCUT2D eigenvalue weighted by Crippen LogP contribution is 2.25. The van der Waals surface area contributed by atoms with Crippen LogP contribution in [0.15, 0.2) is 0 Å². The molecule has 0 bridgehead atoms. The molecule has 2 N–H and O–H groups in total. The molecule has 19 heavy (non-hydrogen) atoms. The van der Waals surface area contributed by atoms with Gasteiger partial charge in [0.05, 0.1) is 0 Å². The summed E-state index contributed by atoms with van der Waals surface area (Å²) in [4.78, 5) is 0. The second kappa shape index (κ2) is 7.22. The Kier molecular flexibility index (Phi) is 6.53. The van der Waals surface area contributed by atoms with Gasteiger partial charge in [-0.1, -0.05) is 12.8 Å². The zero-order valence-corrected chi connectivity index (χ0v) is 13.3. The highest BCUT2D eigenvalue weighted by Gasteiger charge is 2.38. The Morgan fingerprint density at radius 3 is 2.21 bits per heavy atom. The van der Waals surface area contributed by atoms with Gasteiger partial charge >= 0.3 is 0 Å². The van der Waals surface area contributed by atoms with Crippen LogP contribution >= 0.6 is 12.4 Å². The van der Waals surface area contributed by atoms with E-state index in [9.17, 15) is 8.42 Å². The summed E-state index contributed by atoms with van der Waals surface area (Å²) < 4.78 is 28.6. The molecule has 2 atom stereocenters. The average molecular weight is 312 g/mol. The average Bonchev–Trinajstić information content (AvgIpc) is 2.39. The largest absolute Gasteiger partial charge is 0.326 e. The predicted octanol–water partition coefficient (Wildman–Crippen LogP) is 1.34. The first kappa shape index (κ1) is 17.2. The van der Waals surface area contributed by atoms with Gasteiger partial charge in [-0.2, -0.15) is 17.0 Å². The lowest BCUT2D eigenvalue weighted by Gasteiger charge is -2.40. The van der Waals surface area contributed by atoms with Gasteiger partial charge in [-0.25, -0.2) is 0 Å². The maximum atomic E-state index is 12.7. The third kappa shape index (κ3) is 3.82. The van der Waals surface area contributed by atoms with Crippen molar-refractivity contribution >= 4 is 22.6 Å². The van der Waals surface area contributed by atoms with E-state index in [2.05, 4.69) is 0 Å². The number of rotatable bonds is 3. The molecule has 2 aliphatic rings. The maximum Gasteiger partial charge on any atom is 0.282 e. The van der Waals surface area contributed by atoms with Crippen molar-refractivity contribution in [2.24, 2.45) is 5.73 Å². The molecule has 0 amide bonds. The van der Waals surface area contributed by atoms with Crippen LogP contribution in [0.3, 0.4) is 0 Å². The molecule has 2 fully saturated rings. The quantitative estimate of drug-likeness (QED) is 0.855. The SMILES string of the molecule is CC(N)C1CCCCN1S(=O)(=O)N1CCCCC1.Cl. The Morgan fingerprint density at radius 2 is 1.63 bits per heavy atom. The monoisotopic (exact) mass is 311 g/mol. The molecule has 0 aromatic rings. The molecule has 0 aromatic heterocycles. The first-order chi connectivity index (χ1) is 8.53. The molecule has 2 aliphatic heterocycles. The van der Waals surface area contributed by atoms with Crippen LogP contribution in [-0.4, -0.2) is 48.7 Å². The predicted molar refractivity (Wildman–Crippen MR) is 79.6 cm³/mol. The van der Waals surface area contributed by atoms with Gasteiger partial charge in [0, 0.05) is 31.7 Å². The molecule has 0 saturated carbocycles. The van der Waals surface area contributed by atoms with Crippen LogP contribution in [0.2, 0.25) is 0 Å². The molecule has 114 valence electrons. The van der Waals surface area contributed by atoms with Gasteiger partial charge in [-0.3, -0.25) is 0 Å². The van der Waals surface area contributed by atoms with Crippen LogP contribution in [0.5, 0.6) is 0 Å². The number of nitrogens with two attached hydrogens (primary N) is 1. The van der Waals surface area contributed by atoms with E-state index in [1.807, 2.05) is 6.92 Å². The van der Waals surface area contributed by atoms with Crippen LogP contribution in [0.1, 0.15) is 45.4 Å². The summed E-state index contributed by atoms with van der Waals surface area (Å²) in [6, 6.07) is -0.115. The summed E-state index contributed by atoms with van der Waals surface area (Å²) in [5.74, 6) is 0. The van der Waals surface area contributed by atoms with Gasteiger partial charge in [-0.05, 0) is 32.6 Å². The van der Waals surface area contributed by atoms with Crippen molar-refractivity contribution in [3.63, 3.8) is 0 Å². The highest BCUT2D eigenvalue weighted by atomic mass is 35.5. The Hall–Kier alpha value is 0.120. The number of halogens is 1. The van der Waals surface area contributed by atoms with Crippen LogP contribution in [0.25, 0.3) is 0 Å². The fourth-order valence-corrected chi connectivity index (χ4v) is 5.00. The summed E-state index contributed by atoms with van der Waals surface area (Å²) in [7, 11) is -3.29. The molecule has 5 nitrogen and oxygen atoms in total. The second-order valence-corrected chi connectivity index (χ2v) is 7.38. The number of hydrogen-bond acceptors (Lipinski definition) is 3. The molecule has 2 rings (SSSR count). The van der Waals surface area contributed by atoms with Crippen molar-refractivity contribution in [2.45, 2.75) is 57.5 Å². The van der Waals surface area contributed by atoms with E-state index in [-0.39, 0.29) is 24.5 Å². The third-order valence-electron chi connectivity index (χ3n) is 4.04. The molecule has 2 unspecified atom stereocenters. The standard InChI is InChI=1S/C12H25N3O2S.ClH/c1-11(13)12-7-3-6-10-15(12)18(16,17)14-8-4-2-5-9-14;/h11-12H,2-10,13H2,1H3;1H. The third-order valence-corrected chi connectivity index (χ3v) is 6.11. The first-order valence-electron chi connectivity index (χ1n) is 7.06. The fourth-order valence-electron chi connectivity index (χ4n) is 2.99. The van der Waals surface area contributed by atoms with Crippen molar-refractivity contribution in [1.82, 2.24) is 8.61 Å². The van der Waals surface area contributed by atoms with E-state index >= 15 is 0 Å². The Morgan fingerprint density at radius 1 is 1.05 bits per heavy atom. The molecular formula is C12H26ClN3O2S. The van der Waals surface area contributed by atoms with E-state index in [0.717, 1.165) is 38.5 Å². The smallest absolute Gasteiger partial charge is 0.282 e. The van der Waals surface area contributed by atoms with Crippen LogP contribution in [0, 0.1) is 0 Å². The van der Waals surface area contributed by atoms with Gasteiger partial charge in [0.1, 0.15) is 0 Å². The van der Waals surface area contributed by atoms with Gasteiger partial charge in [0.25, 0.3) is 10.2 Å². The molecular weight excluding hydrogens is 286 g/mol. The van der Waals surface area contributed by atoms with Crippen molar-refractivity contribution < 1.29 is 8.42 Å². The summed E-state index contributed by atoms with van der Waals surface area (Å²) in [5, 5.41) is 0. The molecule has 7 heteroatoms. The first-order valence-corrected chi connectivity index (χ1v) is 8.45. The lowest BCUT2D eigenvalue weighted by molar-refractivity contribution is 0.204. The molecule has 2 heterocycles. The van der Waals surface area contributed by atoms with Crippen molar-refractivity contribution in [2.75, 3.05) is 19.6 Å². The summed E-state index contributed by atoms with van der Waals surface area (Å²) in [6.07, 6.45) is 6.04. The molecule has 0 aromatic carbocycles.